The molecule has 172 valence electrons. The van der Waals surface area contributed by atoms with Crippen LogP contribution >= 0.6 is 35.3 Å². The van der Waals surface area contributed by atoms with Gasteiger partial charge >= 0.3 is 6.18 Å². The first kappa shape index (κ1) is 27.1. The number of thiazole rings is 1. The lowest BCUT2D eigenvalue weighted by molar-refractivity contribution is -0.140. The number of nitrogens with one attached hydrogen (secondary N) is 2. The summed E-state index contributed by atoms with van der Waals surface area (Å²) in [6.07, 6.45) is -4.44. The maximum atomic E-state index is 12.7. The van der Waals surface area contributed by atoms with E-state index in [-0.39, 0.29) is 36.4 Å². The average molecular weight is 569 g/mol. The molecule has 31 heavy (non-hydrogen) atoms. The topological polar surface area (TPSA) is 69.6 Å². The summed E-state index contributed by atoms with van der Waals surface area (Å²) in [7, 11) is 0. The highest BCUT2D eigenvalue weighted by Crippen LogP contribution is 2.29. The molecule has 0 bridgehead atoms. The Morgan fingerprint density at radius 3 is 2.29 bits per heavy atom. The van der Waals surface area contributed by atoms with Crippen LogP contribution in [0.25, 0.3) is 0 Å². The molecule has 0 radical (unpaired) electrons. The van der Waals surface area contributed by atoms with Crippen LogP contribution in [0.1, 0.15) is 47.4 Å². The third-order valence-corrected chi connectivity index (χ3v) is 5.11. The molecule has 11 heteroatoms. The van der Waals surface area contributed by atoms with Crippen molar-refractivity contribution in [1.29, 1.82) is 0 Å². The number of halogens is 4. The van der Waals surface area contributed by atoms with Crippen LogP contribution in [-0.2, 0) is 19.3 Å². The minimum atomic E-state index is -4.44. The molecular weight excluding hydrogens is 542 g/mol. The predicted octanol–water partition coefficient (Wildman–Crippen LogP) is 4.52. The van der Waals surface area contributed by atoms with Gasteiger partial charge in [0.05, 0.1) is 13.1 Å². The summed E-state index contributed by atoms with van der Waals surface area (Å²) in [5.74, 6) is 0.469. The molecule has 2 N–H and O–H groups in total. The lowest BCUT2D eigenvalue weighted by Crippen LogP contribution is -2.36. The fourth-order valence-corrected chi connectivity index (χ4v) is 3.38. The Morgan fingerprint density at radius 1 is 1.13 bits per heavy atom. The van der Waals surface area contributed by atoms with Gasteiger partial charge in [0.1, 0.15) is 5.01 Å². The van der Waals surface area contributed by atoms with Crippen LogP contribution in [0.15, 0.2) is 34.6 Å². The predicted molar refractivity (Wildman–Crippen MR) is 128 cm³/mol. The van der Waals surface area contributed by atoms with Gasteiger partial charge in [0.2, 0.25) is 0 Å². The maximum absolute atomic E-state index is 12.7. The standard InChI is InChI=1S/C20H26F3N5OS.HI/c1-4-24-19(26-12-17-27-16(13-30-17)20(21,22)23)25-11-14-7-9-15(10-8-14)18(29)28(5-2)6-3;/h7-10,13H,4-6,11-12H2,1-3H3,(H2,24,25,26);1H. The van der Waals surface area contributed by atoms with E-state index in [2.05, 4.69) is 20.6 Å². The van der Waals surface area contributed by atoms with Crippen molar-refractivity contribution in [1.82, 2.24) is 20.5 Å². The van der Waals surface area contributed by atoms with Crippen LogP contribution in [-0.4, -0.2) is 41.4 Å². The van der Waals surface area contributed by atoms with Gasteiger partial charge in [0.25, 0.3) is 5.91 Å². The third kappa shape index (κ3) is 8.28. The number of aliphatic imine (C=N–C) groups is 1. The van der Waals surface area contributed by atoms with Gasteiger partial charge in [-0.3, -0.25) is 4.79 Å². The van der Waals surface area contributed by atoms with Crippen LogP contribution in [0, 0.1) is 0 Å². The van der Waals surface area contributed by atoms with Crippen LogP contribution in [0.4, 0.5) is 13.2 Å². The molecule has 0 unspecified atom stereocenters. The highest BCUT2D eigenvalue weighted by molar-refractivity contribution is 14.0. The van der Waals surface area contributed by atoms with Crippen molar-refractivity contribution in [2.24, 2.45) is 4.99 Å². The molecule has 0 aliphatic carbocycles. The summed E-state index contributed by atoms with van der Waals surface area (Å²) in [5, 5.41) is 7.37. The Morgan fingerprint density at radius 2 is 1.77 bits per heavy atom. The number of carbonyl (C=O) groups is 1. The van der Waals surface area contributed by atoms with Gasteiger partial charge in [0, 0.05) is 30.6 Å². The molecule has 6 nitrogen and oxygen atoms in total. The normalized spacial score (nSPS) is 11.6. The second-order valence-corrected chi connectivity index (χ2v) is 7.29. The number of alkyl halides is 3. The molecule has 0 fully saturated rings. The molecule has 2 aromatic rings. The van der Waals surface area contributed by atoms with E-state index >= 15 is 0 Å². The van der Waals surface area contributed by atoms with Gasteiger partial charge in [-0.15, -0.1) is 35.3 Å². The Bertz CT molecular complexity index is 851. The van der Waals surface area contributed by atoms with E-state index < -0.39 is 11.9 Å². The first-order chi connectivity index (χ1) is 14.3. The number of hydrogen-bond donors (Lipinski definition) is 2. The largest absolute Gasteiger partial charge is 0.434 e. The number of rotatable bonds is 8. The quantitative estimate of drug-likeness (QED) is 0.279. The number of aromatic nitrogens is 1. The van der Waals surface area contributed by atoms with Crippen molar-refractivity contribution in [2.75, 3.05) is 19.6 Å². The number of nitrogens with zero attached hydrogens (tertiary/aromatic N) is 3. The van der Waals surface area contributed by atoms with Crippen LogP contribution in [0.5, 0.6) is 0 Å². The Hall–Kier alpha value is -1.89. The fourth-order valence-electron chi connectivity index (χ4n) is 2.64. The van der Waals surface area contributed by atoms with E-state index in [0.717, 1.165) is 22.3 Å². The van der Waals surface area contributed by atoms with Crippen LogP contribution in [0.2, 0.25) is 0 Å². The lowest BCUT2D eigenvalue weighted by Gasteiger charge is -2.18. The summed E-state index contributed by atoms with van der Waals surface area (Å²) in [4.78, 5) is 22.2. The molecule has 1 heterocycles. The first-order valence-corrected chi connectivity index (χ1v) is 10.6. The van der Waals surface area contributed by atoms with E-state index in [1.165, 1.54) is 0 Å². The molecule has 1 aromatic carbocycles. The molecular formula is C20H27F3IN5OS. The number of carbonyl (C=O) groups excluding carboxylic acids is 1. The van der Waals surface area contributed by atoms with Crippen molar-refractivity contribution in [2.45, 2.75) is 40.0 Å². The SMILES string of the molecule is CCNC(=NCc1ccc(C(=O)N(CC)CC)cc1)NCc1nc(C(F)(F)F)cs1.I. The Labute approximate surface area is 201 Å². The minimum Gasteiger partial charge on any atom is -0.357 e. The van der Waals surface area contributed by atoms with Gasteiger partial charge in [0.15, 0.2) is 11.7 Å². The average Bonchev–Trinajstić information content (AvgIpc) is 3.21. The van der Waals surface area contributed by atoms with E-state index in [0.29, 0.717) is 42.7 Å². The molecule has 0 aliphatic heterocycles. The van der Waals surface area contributed by atoms with Crippen molar-refractivity contribution < 1.29 is 18.0 Å². The second-order valence-electron chi connectivity index (χ2n) is 6.35. The van der Waals surface area contributed by atoms with Crippen LogP contribution < -0.4 is 10.6 Å². The van der Waals surface area contributed by atoms with Crippen molar-refractivity contribution in [3.63, 3.8) is 0 Å². The molecule has 0 atom stereocenters. The lowest BCUT2D eigenvalue weighted by atomic mass is 10.1. The van der Waals surface area contributed by atoms with Gasteiger partial charge in [-0.1, -0.05) is 12.1 Å². The monoisotopic (exact) mass is 569 g/mol. The van der Waals surface area contributed by atoms with E-state index in [9.17, 15) is 18.0 Å². The molecule has 1 amide bonds. The Balaban J connectivity index is 0.00000480. The molecule has 0 spiro atoms. The van der Waals surface area contributed by atoms with Gasteiger partial charge < -0.3 is 15.5 Å². The zero-order valence-corrected chi connectivity index (χ0v) is 20.8. The molecule has 2 rings (SSSR count). The summed E-state index contributed by atoms with van der Waals surface area (Å²) in [6, 6.07) is 7.25. The minimum absolute atomic E-state index is 0. The summed E-state index contributed by atoms with van der Waals surface area (Å²) in [6.45, 7) is 8.20. The summed E-state index contributed by atoms with van der Waals surface area (Å²) < 4.78 is 38.0. The zero-order valence-electron chi connectivity index (χ0n) is 17.6. The van der Waals surface area contributed by atoms with E-state index in [1.54, 1.807) is 17.0 Å². The molecule has 0 saturated heterocycles. The number of hydrogen-bond acceptors (Lipinski definition) is 4. The number of benzene rings is 1. The molecule has 0 saturated carbocycles. The highest BCUT2D eigenvalue weighted by atomic mass is 127. The van der Waals surface area contributed by atoms with E-state index in [4.69, 9.17) is 0 Å². The van der Waals surface area contributed by atoms with Gasteiger partial charge in [-0.25, -0.2) is 9.98 Å². The van der Waals surface area contributed by atoms with Gasteiger partial charge in [-0.05, 0) is 38.5 Å². The number of amides is 1. The molecule has 0 aliphatic rings. The van der Waals surface area contributed by atoms with E-state index in [1.807, 2.05) is 32.9 Å². The smallest absolute Gasteiger partial charge is 0.357 e. The fraction of sp³-hybridized carbons (Fsp3) is 0.450. The maximum Gasteiger partial charge on any atom is 0.434 e. The second kappa shape index (κ2) is 12.8. The third-order valence-electron chi connectivity index (χ3n) is 4.26. The summed E-state index contributed by atoms with van der Waals surface area (Å²) in [5.41, 5.74) is 0.656. The zero-order chi connectivity index (χ0) is 22.1. The highest BCUT2D eigenvalue weighted by Gasteiger charge is 2.33. The van der Waals surface area contributed by atoms with Crippen molar-refractivity contribution >= 4 is 47.2 Å². The number of guanidine groups is 1. The Kier molecular flexibility index (Phi) is 11.2. The summed E-state index contributed by atoms with van der Waals surface area (Å²) >= 11 is 0.949. The van der Waals surface area contributed by atoms with Crippen molar-refractivity contribution in [3.8, 4) is 0 Å². The van der Waals surface area contributed by atoms with Crippen molar-refractivity contribution in [3.05, 3.63) is 51.5 Å². The molecule has 1 aromatic heterocycles. The van der Waals surface area contributed by atoms with Crippen LogP contribution in [0.3, 0.4) is 0 Å². The first-order valence-electron chi connectivity index (χ1n) is 9.70. The van der Waals surface area contributed by atoms with Gasteiger partial charge in [-0.2, -0.15) is 13.2 Å².